The first-order valence-corrected chi connectivity index (χ1v) is 12.4. The monoisotopic (exact) mass is 480 g/mol. The van der Waals surface area contributed by atoms with Crippen molar-refractivity contribution in [2.45, 2.75) is 24.7 Å². The first-order chi connectivity index (χ1) is 17.1. The molecule has 5 aromatic rings. The van der Waals surface area contributed by atoms with E-state index < -0.39 is 0 Å². The lowest BCUT2D eigenvalue weighted by Gasteiger charge is -2.16. The molecule has 174 valence electrons. The predicted octanol–water partition coefficient (Wildman–Crippen LogP) is 4.96. The highest BCUT2D eigenvalue weighted by molar-refractivity contribution is 7.99. The second kappa shape index (κ2) is 10.1. The molecule has 0 radical (unpaired) electrons. The third-order valence-electron chi connectivity index (χ3n) is 5.87. The molecule has 0 aliphatic rings. The Morgan fingerprint density at radius 2 is 1.80 bits per heavy atom. The van der Waals surface area contributed by atoms with Crippen LogP contribution in [-0.4, -0.2) is 26.2 Å². The maximum atomic E-state index is 13.3. The van der Waals surface area contributed by atoms with Crippen molar-refractivity contribution in [3.8, 4) is 0 Å². The number of rotatable bonds is 7. The number of carbonyl (C=O) groups excluding carboxylic acids is 1. The van der Waals surface area contributed by atoms with E-state index in [0.717, 1.165) is 16.5 Å². The van der Waals surface area contributed by atoms with Crippen LogP contribution in [-0.2, 0) is 11.3 Å². The molecule has 2 aromatic heterocycles. The lowest BCUT2D eigenvalue weighted by atomic mass is 10.0. The molecular formula is C28H24N4O2S. The molecule has 2 heterocycles. The standard InChI is InChI=1S/C28H24N4O2S/c1-19(22-13-12-21-8-2-3-9-23(21)15-22)30-26(33)18-35-28-31-25-11-5-4-10-24(25)27(34)32(28)17-20-7-6-14-29-16-20/h2-16,19H,17-18H2,1H3,(H,30,33). The van der Waals surface area contributed by atoms with Gasteiger partial charge in [0.1, 0.15) is 0 Å². The van der Waals surface area contributed by atoms with Gasteiger partial charge in [0.05, 0.1) is 29.2 Å². The highest BCUT2D eigenvalue weighted by atomic mass is 32.2. The molecule has 35 heavy (non-hydrogen) atoms. The number of hydrogen-bond acceptors (Lipinski definition) is 5. The Morgan fingerprint density at radius 1 is 1.00 bits per heavy atom. The lowest BCUT2D eigenvalue weighted by molar-refractivity contribution is -0.119. The summed E-state index contributed by atoms with van der Waals surface area (Å²) in [6.07, 6.45) is 3.43. The molecule has 0 saturated heterocycles. The first kappa shape index (κ1) is 22.8. The van der Waals surface area contributed by atoms with Crippen LogP contribution in [0.1, 0.15) is 24.1 Å². The topological polar surface area (TPSA) is 76.9 Å². The van der Waals surface area contributed by atoms with E-state index in [2.05, 4.69) is 34.6 Å². The average Bonchev–Trinajstić information content (AvgIpc) is 2.89. The zero-order valence-corrected chi connectivity index (χ0v) is 20.0. The van der Waals surface area contributed by atoms with Crippen LogP contribution in [0.4, 0.5) is 0 Å². The number of thioether (sulfide) groups is 1. The first-order valence-electron chi connectivity index (χ1n) is 11.4. The molecule has 1 atom stereocenters. The van der Waals surface area contributed by atoms with Crippen molar-refractivity contribution < 1.29 is 4.79 Å². The summed E-state index contributed by atoms with van der Waals surface area (Å²) in [5, 5.41) is 6.43. The van der Waals surface area contributed by atoms with Crippen LogP contribution in [0.5, 0.6) is 0 Å². The van der Waals surface area contributed by atoms with Crippen LogP contribution < -0.4 is 10.9 Å². The second-order valence-corrected chi connectivity index (χ2v) is 9.29. The summed E-state index contributed by atoms with van der Waals surface area (Å²) in [6, 6.07) is 25.2. The molecule has 5 rings (SSSR count). The smallest absolute Gasteiger partial charge is 0.262 e. The van der Waals surface area contributed by atoms with Crippen LogP contribution in [0.3, 0.4) is 0 Å². The summed E-state index contributed by atoms with van der Waals surface area (Å²) < 4.78 is 1.62. The zero-order chi connectivity index (χ0) is 24.2. The van der Waals surface area contributed by atoms with Crippen molar-refractivity contribution in [3.05, 3.63) is 113 Å². The minimum atomic E-state index is -0.144. The van der Waals surface area contributed by atoms with Crippen molar-refractivity contribution in [2.75, 3.05) is 5.75 Å². The van der Waals surface area contributed by atoms with Crippen LogP contribution in [0, 0.1) is 0 Å². The summed E-state index contributed by atoms with van der Waals surface area (Å²) in [6.45, 7) is 2.31. The Hall–Kier alpha value is -3.97. The maximum Gasteiger partial charge on any atom is 0.262 e. The molecule has 1 N–H and O–H groups in total. The normalized spacial score (nSPS) is 12.0. The largest absolute Gasteiger partial charge is 0.349 e. The number of aromatic nitrogens is 3. The number of amides is 1. The molecule has 6 nitrogen and oxygen atoms in total. The Bertz CT molecular complexity index is 1570. The van der Waals surface area contributed by atoms with Gasteiger partial charge in [-0.15, -0.1) is 0 Å². The molecule has 0 spiro atoms. The Kier molecular flexibility index (Phi) is 6.59. The molecule has 0 saturated carbocycles. The van der Waals surface area contributed by atoms with Crippen LogP contribution in [0.2, 0.25) is 0 Å². The summed E-state index contributed by atoms with van der Waals surface area (Å²) in [5.41, 5.74) is 2.42. The van der Waals surface area contributed by atoms with E-state index in [-0.39, 0.29) is 23.3 Å². The lowest BCUT2D eigenvalue weighted by Crippen LogP contribution is -2.29. The summed E-state index contributed by atoms with van der Waals surface area (Å²) in [5.74, 6) is 0.0291. The summed E-state index contributed by atoms with van der Waals surface area (Å²) in [4.78, 5) is 34.9. The van der Waals surface area contributed by atoms with Crippen molar-refractivity contribution in [3.63, 3.8) is 0 Å². The SMILES string of the molecule is CC(NC(=O)CSc1nc2ccccc2c(=O)n1Cc1cccnc1)c1ccc2ccccc2c1. The van der Waals surface area contributed by atoms with Crippen molar-refractivity contribution in [2.24, 2.45) is 0 Å². The number of pyridine rings is 1. The number of nitrogens with one attached hydrogen (secondary N) is 1. The van der Waals surface area contributed by atoms with Crippen molar-refractivity contribution in [1.82, 2.24) is 19.9 Å². The van der Waals surface area contributed by atoms with E-state index in [4.69, 9.17) is 4.98 Å². The summed E-state index contributed by atoms with van der Waals surface area (Å²) in [7, 11) is 0. The Labute approximate surface area is 207 Å². The minimum Gasteiger partial charge on any atom is -0.349 e. The van der Waals surface area contributed by atoms with E-state index in [1.807, 2.05) is 55.5 Å². The molecule has 0 bridgehead atoms. The van der Waals surface area contributed by atoms with Gasteiger partial charge in [0.2, 0.25) is 5.91 Å². The van der Waals surface area contributed by atoms with Crippen molar-refractivity contribution >= 4 is 39.3 Å². The van der Waals surface area contributed by atoms with Gasteiger partial charge in [0, 0.05) is 12.4 Å². The molecule has 0 aliphatic carbocycles. The van der Waals surface area contributed by atoms with Gasteiger partial charge < -0.3 is 5.32 Å². The fourth-order valence-corrected chi connectivity index (χ4v) is 4.85. The highest BCUT2D eigenvalue weighted by Gasteiger charge is 2.15. The maximum absolute atomic E-state index is 13.3. The van der Waals surface area contributed by atoms with Gasteiger partial charge in [-0.2, -0.15) is 0 Å². The molecule has 1 unspecified atom stereocenters. The highest BCUT2D eigenvalue weighted by Crippen LogP contribution is 2.22. The third kappa shape index (κ3) is 5.10. The Balaban J connectivity index is 1.35. The molecule has 0 fully saturated rings. The summed E-state index contributed by atoms with van der Waals surface area (Å²) >= 11 is 1.26. The molecule has 3 aromatic carbocycles. The van der Waals surface area contributed by atoms with Gasteiger partial charge in [0.15, 0.2) is 5.16 Å². The number of hydrogen-bond donors (Lipinski definition) is 1. The molecule has 1 amide bonds. The van der Waals surface area contributed by atoms with Gasteiger partial charge >= 0.3 is 0 Å². The second-order valence-electron chi connectivity index (χ2n) is 8.35. The van der Waals surface area contributed by atoms with E-state index in [0.29, 0.717) is 22.6 Å². The van der Waals surface area contributed by atoms with Crippen molar-refractivity contribution in [1.29, 1.82) is 0 Å². The number of benzene rings is 3. The molecule has 0 aliphatic heterocycles. The van der Waals surface area contributed by atoms with Gasteiger partial charge in [-0.3, -0.25) is 19.1 Å². The van der Waals surface area contributed by atoms with E-state index in [1.165, 1.54) is 17.1 Å². The number of para-hydroxylation sites is 1. The number of carbonyl (C=O) groups is 1. The van der Waals surface area contributed by atoms with Crippen LogP contribution in [0.15, 0.2) is 101 Å². The van der Waals surface area contributed by atoms with E-state index >= 15 is 0 Å². The quantitative estimate of drug-likeness (QED) is 0.263. The fourth-order valence-electron chi connectivity index (χ4n) is 4.05. The van der Waals surface area contributed by atoms with Gasteiger partial charge in [-0.1, -0.05) is 66.4 Å². The minimum absolute atomic E-state index is 0.119. The van der Waals surface area contributed by atoms with Gasteiger partial charge in [-0.05, 0) is 53.1 Å². The molecular weight excluding hydrogens is 456 g/mol. The average molecular weight is 481 g/mol. The Morgan fingerprint density at radius 3 is 2.63 bits per heavy atom. The fraction of sp³-hybridized carbons (Fsp3) is 0.143. The van der Waals surface area contributed by atoms with Gasteiger partial charge in [-0.25, -0.2) is 4.98 Å². The van der Waals surface area contributed by atoms with E-state index in [1.54, 1.807) is 23.0 Å². The van der Waals surface area contributed by atoms with Gasteiger partial charge in [0.25, 0.3) is 5.56 Å². The number of nitrogens with zero attached hydrogens (tertiary/aromatic N) is 3. The number of fused-ring (bicyclic) bond motifs is 2. The zero-order valence-electron chi connectivity index (χ0n) is 19.2. The third-order valence-corrected chi connectivity index (χ3v) is 6.85. The van der Waals surface area contributed by atoms with Crippen LogP contribution in [0.25, 0.3) is 21.7 Å². The van der Waals surface area contributed by atoms with E-state index in [9.17, 15) is 9.59 Å². The predicted molar refractivity (Wildman–Crippen MR) is 141 cm³/mol. The van der Waals surface area contributed by atoms with Crippen LogP contribution >= 0.6 is 11.8 Å². The molecule has 7 heteroatoms.